The van der Waals surface area contributed by atoms with Crippen molar-refractivity contribution in [2.75, 3.05) is 38.1 Å². The first kappa shape index (κ1) is 24.8. The molecule has 3 heterocycles. The summed E-state index contributed by atoms with van der Waals surface area (Å²) in [5.74, 6) is 0.529. The molecule has 1 aliphatic rings. The van der Waals surface area contributed by atoms with Gasteiger partial charge in [-0.05, 0) is 37.7 Å². The van der Waals surface area contributed by atoms with Crippen molar-refractivity contribution >= 4 is 68.0 Å². The second-order valence-electron chi connectivity index (χ2n) is 8.78. The van der Waals surface area contributed by atoms with Crippen molar-refractivity contribution in [3.05, 3.63) is 59.3 Å². The second-order valence-corrected chi connectivity index (χ2v) is 10.8. The van der Waals surface area contributed by atoms with E-state index in [0.29, 0.717) is 60.9 Å². The minimum Gasteiger partial charge on any atom is -0.352 e. The van der Waals surface area contributed by atoms with Crippen LogP contribution in [0.1, 0.15) is 11.4 Å². The van der Waals surface area contributed by atoms with Crippen LogP contribution in [-0.2, 0) is 11.3 Å². The fraction of sp³-hybridized carbons (Fsp3) is 0.280. The summed E-state index contributed by atoms with van der Waals surface area (Å²) in [6.45, 7) is 8.09. The first-order chi connectivity index (χ1) is 17.3. The summed E-state index contributed by atoms with van der Waals surface area (Å²) in [4.78, 5) is 25.3. The number of piperazine rings is 1. The number of rotatable bonds is 5. The maximum absolute atomic E-state index is 16.4. The molecule has 0 aliphatic carbocycles. The van der Waals surface area contributed by atoms with Crippen LogP contribution in [0.5, 0.6) is 0 Å². The van der Waals surface area contributed by atoms with Crippen LogP contribution in [0, 0.1) is 12.7 Å². The lowest BCUT2D eigenvalue weighted by Crippen LogP contribution is -2.48. The van der Waals surface area contributed by atoms with Crippen LogP contribution < -0.4 is 4.90 Å². The number of nitrogens with one attached hydrogen (secondary N) is 1. The molecule has 4 aromatic rings. The Morgan fingerprint density at radius 1 is 1.25 bits per heavy atom. The second kappa shape index (κ2) is 9.91. The van der Waals surface area contributed by atoms with E-state index >= 15 is 4.39 Å². The third-order valence-corrected chi connectivity index (χ3v) is 7.06. The lowest BCUT2D eigenvalue weighted by atomic mass is 9.95. The number of anilines is 1. The Morgan fingerprint density at radius 2 is 2.00 bits per heavy atom. The van der Waals surface area contributed by atoms with Crippen LogP contribution in [0.25, 0.3) is 32.9 Å². The molecule has 1 aliphatic heterocycles. The zero-order valence-corrected chi connectivity index (χ0v) is 22.8. The largest absolute Gasteiger partial charge is 0.352 e. The number of carbonyl (C=O) groups is 1. The Kier molecular flexibility index (Phi) is 6.84. The number of aromatic amines is 1. The predicted molar refractivity (Wildman–Crippen MR) is 149 cm³/mol. The quantitative estimate of drug-likeness (QED) is 0.195. The van der Waals surface area contributed by atoms with Gasteiger partial charge in [0.15, 0.2) is 5.82 Å². The maximum atomic E-state index is 16.4. The molecule has 11 heteroatoms. The Hall–Kier alpha value is -2.83. The first-order valence-electron chi connectivity index (χ1n) is 11.4. The number of aryl methyl sites for hydroxylation is 1. The van der Waals surface area contributed by atoms with Crippen molar-refractivity contribution in [1.82, 2.24) is 28.2 Å². The van der Waals surface area contributed by atoms with Crippen molar-refractivity contribution in [3.63, 3.8) is 0 Å². The molecule has 1 amide bonds. The van der Waals surface area contributed by atoms with Gasteiger partial charge in [-0.25, -0.2) is 17.5 Å². The van der Waals surface area contributed by atoms with Gasteiger partial charge in [-0.2, -0.15) is 5.10 Å². The summed E-state index contributed by atoms with van der Waals surface area (Å²) >= 11 is 8.94. The normalized spacial score (nSPS) is 14.3. The van der Waals surface area contributed by atoms with Crippen molar-refractivity contribution < 1.29 is 9.18 Å². The molecule has 0 spiro atoms. The molecule has 8 nitrogen and oxygen atoms in total. The Morgan fingerprint density at radius 3 is 2.69 bits per heavy atom. The summed E-state index contributed by atoms with van der Waals surface area (Å²) < 4.78 is 18.3. The van der Waals surface area contributed by atoms with Crippen LogP contribution in [0.2, 0.25) is 5.02 Å². The number of aromatic nitrogens is 4. The van der Waals surface area contributed by atoms with E-state index < -0.39 is 5.82 Å². The van der Waals surface area contributed by atoms with Gasteiger partial charge in [0.1, 0.15) is 17.2 Å². The molecule has 1 saturated heterocycles. The van der Waals surface area contributed by atoms with Gasteiger partial charge in [0.05, 0.1) is 23.3 Å². The first-order valence-corrected chi connectivity index (χ1v) is 12.8. The van der Waals surface area contributed by atoms with E-state index in [-0.39, 0.29) is 16.4 Å². The fourth-order valence-corrected chi connectivity index (χ4v) is 5.28. The molecule has 5 rings (SSSR count). The van der Waals surface area contributed by atoms with Crippen LogP contribution in [0.3, 0.4) is 0 Å². The predicted octanol–water partition coefficient (Wildman–Crippen LogP) is 4.89. The van der Waals surface area contributed by atoms with Gasteiger partial charge in [0.25, 0.3) is 0 Å². The molecule has 0 saturated carbocycles. The van der Waals surface area contributed by atoms with E-state index in [1.54, 1.807) is 17.2 Å². The number of fused-ring (bicyclic) bond motifs is 2. The van der Waals surface area contributed by atoms with Crippen LogP contribution >= 0.6 is 34.5 Å². The lowest BCUT2D eigenvalue weighted by Gasteiger charge is -2.35. The van der Waals surface area contributed by atoms with Gasteiger partial charge in [0, 0.05) is 70.9 Å². The maximum Gasteiger partial charge on any atom is 0.246 e. The summed E-state index contributed by atoms with van der Waals surface area (Å²) in [6.07, 6.45) is 3.01. The molecular formula is C25H24ClFIN7O. The van der Waals surface area contributed by atoms with Crippen molar-refractivity contribution in [3.8, 4) is 11.1 Å². The highest BCUT2D eigenvalue weighted by atomic mass is 127. The molecule has 2 aromatic heterocycles. The number of H-pyrrole nitrogens is 1. The zero-order chi connectivity index (χ0) is 25.6. The third-order valence-electron chi connectivity index (χ3n) is 6.42. The minimum atomic E-state index is -0.490. The average molecular weight is 620 g/mol. The highest BCUT2D eigenvalue weighted by molar-refractivity contribution is 14.1. The smallest absolute Gasteiger partial charge is 0.246 e. The number of halogens is 3. The highest BCUT2D eigenvalue weighted by Gasteiger charge is 2.26. The number of hydrogen-bond donors (Lipinski definition) is 1. The van der Waals surface area contributed by atoms with Crippen molar-refractivity contribution in [2.45, 2.75) is 13.5 Å². The molecular weight excluding hydrogens is 596 g/mol. The summed E-state index contributed by atoms with van der Waals surface area (Å²) in [7, 11) is 1.90. The summed E-state index contributed by atoms with van der Waals surface area (Å²) in [5, 5.41) is 8.69. The molecule has 0 unspecified atom stereocenters. The molecule has 36 heavy (non-hydrogen) atoms. The fourth-order valence-electron chi connectivity index (χ4n) is 4.69. The standard InChI is InChI=1S/C25H24ClFIN7O/c1-4-20(36)34-7-9-35(10-8-34)25-15-11-17(26)22(21-14(2)5-6-18-16(21)12-29-32-18)23(27)24(15)30-19(31-25)13-33(3)28/h4-6,11-12H,1,7-10,13H2,2-3H3,(H,29,32). The minimum absolute atomic E-state index is 0.100. The van der Waals surface area contributed by atoms with Crippen molar-refractivity contribution in [2.24, 2.45) is 0 Å². The van der Waals surface area contributed by atoms with Crippen LogP contribution in [0.4, 0.5) is 10.2 Å². The van der Waals surface area contributed by atoms with E-state index in [1.165, 1.54) is 6.08 Å². The van der Waals surface area contributed by atoms with E-state index in [4.69, 9.17) is 16.6 Å². The van der Waals surface area contributed by atoms with E-state index in [1.807, 2.05) is 29.2 Å². The highest BCUT2D eigenvalue weighted by Crippen LogP contribution is 2.42. The van der Waals surface area contributed by atoms with Gasteiger partial charge in [0.2, 0.25) is 5.91 Å². The number of amides is 1. The monoisotopic (exact) mass is 619 g/mol. The molecule has 0 atom stereocenters. The van der Waals surface area contributed by atoms with Gasteiger partial charge in [-0.15, -0.1) is 0 Å². The van der Waals surface area contributed by atoms with E-state index in [0.717, 1.165) is 16.5 Å². The van der Waals surface area contributed by atoms with Gasteiger partial charge < -0.3 is 9.80 Å². The van der Waals surface area contributed by atoms with Crippen molar-refractivity contribution in [1.29, 1.82) is 0 Å². The van der Waals surface area contributed by atoms with E-state index in [9.17, 15) is 4.79 Å². The Labute approximate surface area is 226 Å². The molecule has 0 radical (unpaired) electrons. The molecule has 1 N–H and O–H groups in total. The zero-order valence-electron chi connectivity index (χ0n) is 19.9. The van der Waals surface area contributed by atoms with Crippen LogP contribution in [-0.4, -0.2) is 67.3 Å². The number of nitrogens with zero attached hydrogens (tertiary/aromatic N) is 6. The molecule has 0 bridgehead atoms. The third kappa shape index (κ3) is 4.41. The Bertz CT molecular complexity index is 1500. The number of carbonyl (C=O) groups excluding carboxylic acids is 1. The van der Waals surface area contributed by atoms with E-state index in [2.05, 4.69) is 49.5 Å². The van der Waals surface area contributed by atoms with Gasteiger partial charge in [-0.3, -0.25) is 9.89 Å². The SMILES string of the molecule is C=CC(=O)N1CCN(c2nc(CN(C)I)nc3c(F)c(-c4c(C)ccc5[nH]ncc45)c(Cl)cc23)CC1. The molecule has 1 fully saturated rings. The average Bonchev–Trinajstić information content (AvgIpc) is 3.33. The number of benzene rings is 2. The Balaban J connectivity index is 1.69. The summed E-state index contributed by atoms with van der Waals surface area (Å²) in [5.41, 5.74) is 2.89. The summed E-state index contributed by atoms with van der Waals surface area (Å²) in [6, 6.07) is 5.59. The van der Waals surface area contributed by atoms with Gasteiger partial charge in [-0.1, -0.05) is 24.2 Å². The van der Waals surface area contributed by atoms with Crippen LogP contribution in [0.15, 0.2) is 37.1 Å². The molecule has 186 valence electrons. The lowest BCUT2D eigenvalue weighted by molar-refractivity contribution is -0.126. The number of hydrogen-bond acceptors (Lipinski definition) is 6. The molecule has 2 aromatic carbocycles. The topological polar surface area (TPSA) is 81.3 Å². The van der Waals surface area contributed by atoms with Gasteiger partial charge >= 0.3 is 0 Å².